The zero-order valence-corrected chi connectivity index (χ0v) is 9.75. The third-order valence-corrected chi connectivity index (χ3v) is 2.59. The van der Waals surface area contributed by atoms with Crippen LogP contribution in [0.4, 0.5) is 0 Å². The highest BCUT2D eigenvalue weighted by molar-refractivity contribution is 5.16. The SMILES string of the molecule is CCCn1ccc(C(NC)C(C)C)c1. The van der Waals surface area contributed by atoms with Gasteiger partial charge in [0, 0.05) is 25.0 Å². The fourth-order valence-electron chi connectivity index (χ4n) is 1.93. The van der Waals surface area contributed by atoms with Gasteiger partial charge < -0.3 is 9.88 Å². The minimum atomic E-state index is 0.480. The molecule has 1 N–H and O–H groups in total. The van der Waals surface area contributed by atoms with Crippen LogP contribution in [0.2, 0.25) is 0 Å². The minimum Gasteiger partial charge on any atom is -0.354 e. The minimum absolute atomic E-state index is 0.480. The molecule has 14 heavy (non-hydrogen) atoms. The molecule has 1 atom stereocenters. The molecule has 0 aromatic carbocycles. The Morgan fingerprint density at radius 2 is 2.14 bits per heavy atom. The van der Waals surface area contributed by atoms with E-state index in [0.717, 1.165) is 6.54 Å². The zero-order valence-electron chi connectivity index (χ0n) is 9.75. The predicted molar refractivity (Wildman–Crippen MR) is 61.4 cm³/mol. The first-order chi connectivity index (χ1) is 6.69. The van der Waals surface area contributed by atoms with Gasteiger partial charge in [0.05, 0.1) is 0 Å². The van der Waals surface area contributed by atoms with Gasteiger partial charge in [-0.25, -0.2) is 0 Å². The van der Waals surface area contributed by atoms with E-state index in [1.54, 1.807) is 0 Å². The molecule has 2 nitrogen and oxygen atoms in total. The quantitative estimate of drug-likeness (QED) is 0.762. The molecule has 0 aliphatic heterocycles. The Morgan fingerprint density at radius 3 is 2.64 bits per heavy atom. The van der Waals surface area contributed by atoms with Crippen molar-refractivity contribution < 1.29 is 0 Å². The molecule has 0 spiro atoms. The third-order valence-electron chi connectivity index (χ3n) is 2.59. The van der Waals surface area contributed by atoms with E-state index < -0.39 is 0 Å². The van der Waals surface area contributed by atoms with Crippen LogP contribution in [0.3, 0.4) is 0 Å². The molecule has 1 unspecified atom stereocenters. The van der Waals surface area contributed by atoms with E-state index in [9.17, 15) is 0 Å². The van der Waals surface area contributed by atoms with Gasteiger partial charge in [-0.05, 0) is 31.0 Å². The van der Waals surface area contributed by atoms with Gasteiger partial charge in [0.15, 0.2) is 0 Å². The van der Waals surface area contributed by atoms with Crippen LogP contribution in [0.5, 0.6) is 0 Å². The number of nitrogens with one attached hydrogen (secondary N) is 1. The van der Waals surface area contributed by atoms with Gasteiger partial charge in [0.2, 0.25) is 0 Å². The van der Waals surface area contributed by atoms with Gasteiger partial charge in [-0.1, -0.05) is 20.8 Å². The van der Waals surface area contributed by atoms with Crippen molar-refractivity contribution in [2.45, 2.75) is 39.8 Å². The van der Waals surface area contributed by atoms with E-state index >= 15 is 0 Å². The highest BCUT2D eigenvalue weighted by atomic mass is 14.9. The number of hydrogen-bond acceptors (Lipinski definition) is 1. The Labute approximate surface area is 87.3 Å². The van der Waals surface area contributed by atoms with E-state index in [-0.39, 0.29) is 0 Å². The van der Waals surface area contributed by atoms with Gasteiger partial charge in [-0.15, -0.1) is 0 Å². The molecule has 0 radical (unpaired) electrons. The van der Waals surface area contributed by atoms with Crippen LogP contribution in [0.15, 0.2) is 18.5 Å². The topological polar surface area (TPSA) is 17.0 Å². The van der Waals surface area contributed by atoms with Crippen molar-refractivity contribution in [1.82, 2.24) is 9.88 Å². The van der Waals surface area contributed by atoms with Crippen molar-refractivity contribution >= 4 is 0 Å². The Kier molecular flexibility index (Phi) is 4.21. The maximum atomic E-state index is 3.36. The number of hydrogen-bond donors (Lipinski definition) is 1. The van der Waals surface area contributed by atoms with Crippen molar-refractivity contribution in [3.05, 3.63) is 24.0 Å². The summed E-state index contributed by atoms with van der Waals surface area (Å²) in [5.41, 5.74) is 1.40. The molecule has 80 valence electrons. The monoisotopic (exact) mass is 194 g/mol. The lowest BCUT2D eigenvalue weighted by atomic mass is 9.99. The van der Waals surface area contributed by atoms with E-state index in [0.29, 0.717) is 12.0 Å². The second-order valence-electron chi connectivity index (χ2n) is 4.19. The van der Waals surface area contributed by atoms with Crippen molar-refractivity contribution in [2.24, 2.45) is 5.92 Å². The second kappa shape index (κ2) is 5.20. The average Bonchev–Trinajstić information content (AvgIpc) is 2.54. The van der Waals surface area contributed by atoms with E-state index in [2.05, 4.69) is 49.1 Å². The summed E-state index contributed by atoms with van der Waals surface area (Å²) in [6.07, 6.45) is 5.62. The summed E-state index contributed by atoms with van der Waals surface area (Å²) in [6.45, 7) is 7.82. The van der Waals surface area contributed by atoms with E-state index in [1.165, 1.54) is 12.0 Å². The van der Waals surface area contributed by atoms with Crippen molar-refractivity contribution in [2.75, 3.05) is 7.05 Å². The Morgan fingerprint density at radius 1 is 1.43 bits per heavy atom. The summed E-state index contributed by atoms with van der Waals surface area (Å²) in [7, 11) is 2.03. The molecule has 0 amide bonds. The van der Waals surface area contributed by atoms with Crippen molar-refractivity contribution in [3.63, 3.8) is 0 Å². The number of rotatable bonds is 5. The number of aromatic nitrogens is 1. The van der Waals surface area contributed by atoms with Crippen LogP contribution in [0.25, 0.3) is 0 Å². The van der Waals surface area contributed by atoms with Crippen LogP contribution >= 0.6 is 0 Å². The maximum Gasteiger partial charge on any atom is 0.0355 e. The van der Waals surface area contributed by atoms with Gasteiger partial charge in [-0.2, -0.15) is 0 Å². The molecule has 1 aromatic rings. The average molecular weight is 194 g/mol. The summed E-state index contributed by atoms with van der Waals surface area (Å²) in [6, 6.07) is 2.70. The standard InChI is InChI=1S/C12H22N2/c1-5-7-14-8-6-11(9-14)12(13-4)10(2)3/h6,8-10,12-13H,5,7H2,1-4H3. The second-order valence-corrected chi connectivity index (χ2v) is 4.19. The molecule has 0 aliphatic carbocycles. The smallest absolute Gasteiger partial charge is 0.0355 e. The molecule has 0 saturated heterocycles. The first-order valence-electron chi connectivity index (χ1n) is 5.52. The molecular weight excluding hydrogens is 172 g/mol. The summed E-state index contributed by atoms with van der Waals surface area (Å²) in [4.78, 5) is 0. The predicted octanol–water partition coefficient (Wildman–Crippen LogP) is 2.81. The molecule has 0 bridgehead atoms. The van der Waals surface area contributed by atoms with Crippen molar-refractivity contribution in [3.8, 4) is 0 Å². The highest BCUT2D eigenvalue weighted by Gasteiger charge is 2.13. The van der Waals surface area contributed by atoms with E-state index in [1.807, 2.05) is 7.05 Å². The van der Waals surface area contributed by atoms with Crippen LogP contribution in [0, 0.1) is 5.92 Å². The molecule has 2 heteroatoms. The summed E-state index contributed by atoms with van der Waals surface area (Å²) < 4.78 is 2.27. The van der Waals surface area contributed by atoms with Crippen LogP contribution in [-0.4, -0.2) is 11.6 Å². The summed E-state index contributed by atoms with van der Waals surface area (Å²) in [5, 5.41) is 3.36. The lowest BCUT2D eigenvalue weighted by Crippen LogP contribution is -2.21. The zero-order chi connectivity index (χ0) is 10.6. The molecule has 0 fully saturated rings. The van der Waals surface area contributed by atoms with Crippen molar-refractivity contribution in [1.29, 1.82) is 0 Å². The normalized spacial score (nSPS) is 13.5. The molecule has 0 saturated carbocycles. The fourth-order valence-corrected chi connectivity index (χ4v) is 1.93. The van der Waals surface area contributed by atoms with E-state index in [4.69, 9.17) is 0 Å². The molecule has 1 rings (SSSR count). The number of aryl methyl sites for hydroxylation is 1. The third kappa shape index (κ3) is 2.61. The maximum absolute atomic E-state index is 3.36. The molecule has 1 heterocycles. The van der Waals surface area contributed by atoms with Gasteiger partial charge in [-0.3, -0.25) is 0 Å². The Hall–Kier alpha value is -0.760. The van der Waals surface area contributed by atoms with Gasteiger partial charge in [0.1, 0.15) is 0 Å². The largest absolute Gasteiger partial charge is 0.354 e. The summed E-state index contributed by atoms with van der Waals surface area (Å²) >= 11 is 0. The lowest BCUT2D eigenvalue weighted by Gasteiger charge is -2.18. The lowest BCUT2D eigenvalue weighted by molar-refractivity contribution is 0.442. The Balaban J connectivity index is 2.73. The first kappa shape index (κ1) is 11.3. The van der Waals surface area contributed by atoms with Gasteiger partial charge >= 0.3 is 0 Å². The molecule has 1 aromatic heterocycles. The van der Waals surface area contributed by atoms with Crippen LogP contribution in [0.1, 0.15) is 38.8 Å². The van der Waals surface area contributed by atoms with Gasteiger partial charge in [0.25, 0.3) is 0 Å². The molecular formula is C12H22N2. The van der Waals surface area contributed by atoms with Crippen LogP contribution < -0.4 is 5.32 Å². The highest BCUT2D eigenvalue weighted by Crippen LogP contribution is 2.21. The Bertz CT molecular complexity index is 263. The summed E-state index contributed by atoms with van der Waals surface area (Å²) in [5.74, 6) is 0.637. The van der Waals surface area contributed by atoms with Crippen LogP contribution in [-0.2, 0) is 6.54 Å². The first-order valence-corrected chi connectivity index (χ1v) is 5.52. The fraction of sp³-hybridized carbons (Fsp3) is 0.667. The number of nitrogens with zero attached hydrogens (tertiary/aromatic N) is 1. The molecule has 0 aliphatic rings.